The van der Waals surface area contributed by atoms with E-state index in [1.165, 1.54) is 0 Å². The van der Waals surface area contributed by atoms with E-state index in [-0.39, 0.29) is 12.6 Å². The van der Waals surface area contributed by atoms with Crippen LogP contribution in [0.15, 0.2) is 0 Å². The molecule has 1 heterocycles. The SMILES string of the molecule is COCCNC(=O)N1CCN(CCO)CC1. The van der Waals surface area contributed by atoms with Gasteiger partial charge in [-0.25, -0.2) is 4.79 Å². The van der Waals surface area contributed by atoms with Gasteiger partial charge in [0.25, 0.3) is 0 Å². The maximum absolute atomic E-state index is 11.6. The van der Waals surface area contributed by atoms with E-state index in [2.05, 4.69) is 10.2 Å². The van der Waals surface area contributed by atoms with Gasteiger partial charge in [-0.2, -0.15) is 0 Å². The number of carbonyl (C=O) groups is 1. The quantitative estimate of drug-likeness (QED) is 0.593. The van der Waals surface area contributed by atoms with E-state index in [4.69, 9.17) is 9.84 Å². The fraction of sp³-hybridized carbons (Fsp3) is 0.900. The van der Waals surface area contributed by atoms with E-state index < -0.39 is 0 Å². The van der Waals surface area contributed by atoms with Crippen molar-refractivity contribution < 1.29 is 14.6 Å². The lowest BCUT2D eigenvalue weighted by Crippen LogP contribution is -2.52. The lowest BCUT2D eigenvalue weighted by Gasteiger charge is -2.34. The Bertz CT molecular complexity index is 205. The molecule has 94 valence electrons. The average molecular weight is 231 g/mol. The zero-order valence-electron chi connectivity index (χ0n) is 9.81. The Morgan fingerprint density at radius 3 is 2.62 bits per heavy atom. The molecule has 1 aliphatic heterocycles. The van der Waals surface area contributed by atoms with Crippen LogP contribution < -0.4 is 5.32 Å². The predicted molar refractivity (Wildman–Crippen MR) is 60.4 cm³/mol. The van der Waals surface area contributed by atoms with Crippen LogP contribution in [0.25, 0.3) is 0 Å². The molecule has 0 unspecified atom stereocenters. The zero-order valence-corrected chi connectivity index (χ0v) is 9.81. The van der Waals surface area contributed by atoms with Crippen molar-refractivity contribution in [1.29, 1.82) is 0 Å². The van der Waals surface area contributed by atoms with Crippen LogP contribution in [0.3, 0.4) is 0 Å². The first-order valence-electron chi connectivity index (χ1n) is 5.63. The first kappa shape index (κ1) is 13.2. The first-order chi connectivity index (χ1) is 7.77. The molecule has 0 spiro atoms. The Balaban J connectivity index is 2.17. The first-order valence-corrected chi connectivity index (χ1v) is 5.63. The minimum absolute atomic E-state index is 0.0271. The summed E-state index contributed by atoms with van der Waals surface area (Å²) in [4.78, 5) is 15.6. The average Bonchev–Trinajstić information content (AvgIpc) is 2.30. The van der Waals surface area contributed by atoms with E-state index in [9.17, 15) is 4.79 Å². The molecule has 6 nitrogen and oxygen atoms in total. The van der Waals surface area contributed by atoms with Gasteiger partial charge in [-0.1, -0.05) is 0 Å². The van der Waals surface area contributed by atoms with Crippen molar-refractivity contribution in [2.45, 2.75) is 0 Å². The number of rotatable bonds is 5. The number of hydrogen-bond acceptors (Lipinski definition) is 4. The minimum Gasteiger partial charge on any atom is -0.395 e. The van der Waals surface area contributed by atoms with Gasteiger partial charge in [-0.05, 0) is 0 Å². The summed E-state index contributed by atoms with van der Waals surface area (Å²) in [6.45, 7) is 5.07. The number of amides is 2. The number of aliphatic hydroxyl groups is 1. The van der Waals surface area contributed by atoms with Crippen molar-refractivity contribution >= 4 is 6.03 Å². The molecular formula is C10H21N3O3. The normalized spacial score (nSPS) is 17.5. The van der Waals surface area contributed by atoms with Gasteiger partial charge in [0.1, 0.15) is 0 Å². The van der Waals surface area contributed by atoms with Gasteiger partial charge in [0.2, 0.25) is 0 Å². The molecule has 2 N–H and O–H groups in total. The maximum atomic E-state index is 11.6. The molecule has 6 heteroatoms. The van der Waals surface area contributed by atoms with Crippen LogP contribution in [0.4, 0.5) is 4.79 Å². The number of methoxy groups -OCH3 is 1. The number of nitrogens with zero attached hydrogens (tertiary/aromatic N) is 2. The molecule has 0 aromatic heterocycles. The number of carbonyl (C=O) groups excluding carboxylic acids is 1. The van der Waals surface area contributed by atoms with Crippen LogP contribution in [0, 0.1) is 0 Å². The smallest absolute Gasteiger partial charge is 0.317 e. The standard InChI is InChI=1S/C10H21N3O3/c1-16-9-2-11-10(15)13-5-3-12(4-6-13)7-8-14/h14H,2-9H2,1H3,(H,11,15). The summed E-state index contributed by atoms with van der Waals surface area (Å²) in [5.41, 5.74) is 0. The highest BCUT2D eigenvalue weighted by atomic mass is 16.5. The molecule has 1 aliphatic rings. The van der Waals surface area contributed by atoms with Crippen LogP contribution in [-0.2, 0) is 4.74 Å². The van der Waals surface area contributed by atoms with Gasteiger partial charge >= 0.3 is 6.03 Å². The highest BCUT2D eigenvalue weighted by Crippen LogP contribution is 2.01. The lowest BCUT2D eigenvalue weighted by molar-refractivity contribution is 0.120. The van der Waals surface area contributed by atoms with Crippen molar-refractivity contribution in [3.05, 3.63) is 0 Å². The van der Waals surface area contributed by atoms with Crippen LogP contribution in [0.5, 0.6) is 0 Å². The van der Waals surface area contributed by atoms with E-state index in [0.29, 0.717) is 19.7 Å². The largest absolute Gasteiger partial charge is 0.395 e. The minimum atomic E-state index is -0.0271. The van der Waals surface area contributed by atoms with Crippen LogP contribution >= 0.6 is 0 Å². The molecule has 0 atom stereocenters. The summed E-state index contributed by atoms with van der Waals surface area (Å²) >= 11 is 0. The highest BCUT2D eigenvalue weighted by molar-refractivity contribution is 5.74. The topological polar surface area (TPSA) is 65.0 Å². The Hall–Kier alpha value is -0.850. The fourth-order valence-corrected chi connectivity index (χ4v) is 1.69. The second-order valence-corrected chi connectivity index (χ2v) is 3.78. The summed E-state index contributed by atoms with van der Waals surface area (Å²) in [6.07, 6.45) is 0. The summed E-state index contributed by atoms with van der Waals surface area (Å²) in [7, 11) is 1.61. The molecule has 0 aromatic carbocycles. The number of aliphatic hydroxyl groups excluding tert-OH is 1. The molecule has 0 saturated carbocycles. The number of hydrogen-bond donors (Lipinski definition) is 2. The molecule has 0 aliphatic carbocycles. The molecule has 1 fully saturated rings. The molecular weight excluding hydrogens is 210 g/mol. The molecule has 0 bridgehead atoms. The number of piperazine rings is 1. The van der Waals surface area contributed by atoms with E-state index >= 15 is 0 Å². The van der Waals surface area contributed by atoms with Crippen LogP contribution in [0.2, 0.25) is 0 Å². The van der Waals surface area contributed by atoms with Gasteiger partial charge in [0.15, 0.2) is 0 Å². The second-order valence-electron chi connectivity index (χ2n) is 3.78. The van der Waals surface area contributed by atoms with E-state index in [1.807, 2.05) is 0 Å². The third-order valence-electron chi connectivity index (χ3n) is 2.66. The van der Waals surface area contributed by atoms with Gasteiger partial charge < -0.3 is 20.1 Å². The number of nitrogens with one attached hydrogen (secondary N) is 1. The van der Waals surface area contributed by atoms with Crippen molar-refractivity contribution in [3.63, 3.8) is 0 Å². The van der Waals surface area contributed by atoms with Crippen LogP contribution in [-0.4, -0.2) is 80.5 Å². The summed E-state index contributed by atoms with van der Waals surface area (Å²) < 4.78 is 4.86. The van der Waals surface area contributed by atoms with Crippen molar-refractivity contribution in [1.82, 2.24) is 15.1 Å². The highest BCUT2D eigenvalue weighted by Gasteiger charge is 2.19. The molecule has 2 amide bonds. The second kappa shape index (κ2) is 7.43. The zero-order chi connectivity index (χ0) is 11.8. The van der Waals surface area contributed by atoms with E-state index in [1.54, 1.807) is 12.0 Å². The Labute approximate surface area is 96.2 Å². The number of urea groups is 1. The number of ether oxygens (including phenoxy) is 1. The lowest BCUT2D eigenvalue weighted by atomic mass is 10.3. The molecule has 0 aromatic rings. The summed E-state index contributed by atoms with van der Waals surface area (Å²) in [5.74, 6) is 0. The molecule has 1 rings (SSSR count). The van der Waals surface area contributed by atoms with Crippen LogP contribution in [0.1, 0.15) is 0 Å². The fourth-order valence-electron chi connectivity index (χ4n) is 1.69. The monoisotopic (exact) mass is 231 g/mol. The molecule has 1 saturated heterocycles. The molecule has 16 heavy (non-hydrogen) atoms. The Morgan fingerprint density at radius 2 is 2.06 bits per heavy atom. The van der Waals surface area contributed by atoms with Gasteiger partial charge in [-0.15, -0.1) is 0 Å². The molecule has 0 radical (unpaired) electrons. The summed E-state index contributed by atoms with van der Waals surface area (Å²) in [6, 6.07) is -0.0271. The Morgan fingerprint density at radius 1 is 1.38 bits per heavy atom. The predicted octanol–water partition coefficient (Wildman–Crippen LogP) is -1.05. The maximum Gasteiger partial charge on any atom is 0.317 e. The Kier molecular flexibility index (Phi) is 6.14. The van der Waals surface area contributed by atoms with Crippen molar-refractivity contribution in [3.8, 4) is 0 Å². The summed E-state index contributed by atoms with van der Waals surface area (Å²) in [5, 5.41) is 11.6. The third kappa shape index (κ3) is 4.34. The van der Waals surface area contributed by atoms with Gasteiger partial charge in [0, 0.05) is 46.4 Å². The van der Waals surface area contributed by atoms with Gasteiger partial charge in [0.05, 0.1) is 13.2 Å². The van der Waals surface area contributed by atoms with Crippen molar-refractivity contribution in [2.24, 2.45) is 0 Å². The third-order valence-corrected chi connectivity index (χ3v) is 2.66. The van der Waals surface area contributed by atoms with Crippen molar-refractivity contribution in [2.75, 3.05) is 59.6 Å². The van der Waals surface area contributed by atoms with Gasteiger partial charge in [-0.3, -0.25) is 4.90 Å². The number of β-amino-alcohol motifs (C(OH)–C–C–N with tert-alkyl or cyclic N) is 1. The van der Waals surface area contributed by atoms with E-state index in [0.717, 1.165) is 26.2 Å².